The fraction of sp³-hybridized carbons (Fsp3) is 0.571. The highest BCUT2D eigenvalue weighted by molar-refractivity contribution is 5.92. The summed E-state index contributed by atoms with van der Waals surface area (Å²) in [5.74, 6) is -0.383. The van der Waals surface area contributed by atoms with E-state index in [1.807, 2.05) is 0 Å². The van der Waals surface area contributed by atoms with Crippen molar-refractivity contribution in [3.8, 4) is 0 Å². The number of allylic oxidation sites excluding steroid dienone is 1. The predicted octanol–water partition coefficient (Wildman–Crippen LogP) is -0.271. The molecule has 0 aromatic heterocycles. The molecule has 0 radical (unpaired) electrons. The van der Waals surface area contributed by atoms with E-state index in [2.05, 4.69) is 0 Å². The molecule has 0 saturated carbocycles. The van der Waals surface area contributed by atoms with Crippen molar-refractivity contribution < 1.29 is 9.90 Å². The second kappa shape index (κ2) is 3.25. The molecule has 0 aromatic rings. The molecule has 0 saturated heterocycles. The molecular formula is C7H12NO2-. The highest BCUT2D eigenvalue weighted by Crippen LogP contribution is 1.99. The van der Waals surface area contributed by atoms with Gasteiger partial charge in [-0.2, -0.15) is 0 Å². The van der Waals surface area contributed by atoms with E-state index in [-0.39, 0.29) is 17.2 Å². The minimum Gasteiger partial charge on any atom is -0.875 e. The van der Waals surface area contributed by atoms with Crippen molar-refractivity contribution in [1.29, 1.82) is 0 Å². The van der Waals surface area contributed by atoms with Crippen molar-refractivity contribution in [2.24, 2.45) is 0 Å². The van der Waals surface area contributed by atoms with E-state index in [1.54, 1.807) is 14.1 Å². The summed E-state index contributed by atoms with van der Waals surface area (Å²) >= 11 is 0. The number of nitrogens with zero attached hydrogens (tertiary/aromatic N) is 1. The smallest absolute Gasteiger partial charge is 0.248 e. The first kappa shape index (κ1) is 9.01. The minimum absolute atomic E-state index is 0.168. The van der Waals surface area contributed by atoms with Crippen molar-refractivity contribution in [2.45, 2.75) is 13.8 Å². The average Bonchev–Trinajstić information content (AvgIpc) is 1.84. The quantitative estimate of drug-likeness (QED) is 0.373. The van der Waals surface area contributed by atoms with Crippen LogP contribution in [0.15, 0.2) is 11.3 Å². The Bertz CT molecular complexity index is 166. The van der Waals surface area contributed by atoms with Crippen LogP contribution in [0, 0.1) is 0 Å². The molecule has 3 nitrogen and oxygen atoms in total. The summed E-state index contributed by atoms with van der Waals surface area (Å²) in [4.78, 5) is 12.3. The zero-order valence-corrected chi connectivity index (χ0v) is 6.76. The molecule has 10 heavy (non-hydrogen) atoms. The van der Waals surface area contributed by atoms with Gasteiger partial charge in [0.15, 0.2) is 0 Å². The van der Waals surface area contributed by atoms with Crippen molar-refractivity contribution >= 4 is 5.91 Å². The molecule has 0 fully saturated rings. The number of hydrogen-bond acceptors (Lipinski definition) is 2. The average molecular weight is 142 g/mol. The Kier molecular flexibility index (Phi) is 2.93. The number of likely N-dealkylation sites (N-methyl/N-ethyl adjacent to an activating group) is 1. The number of carbonyl (C=O) groups excluding carboxylic acids is 1. The van der Waals surface area contributed by atoms with Gasteiger partial charge in [-0.25, -0.2) is 0 Å². The third kappa shape index (κ3) is 2.09. The van der Waals surface area contributed by atoms with Gasteiger partial charge in [-0.1, -0.05) is 6.92 Å². The van der Waals surface area contributed by atoms with Crippen LogP contribution in [0.5, 0.6) is 0 Å². The number of carbonyl (C=O) groups is 1. The lowest BCUT2D eigenvalue weighted by Gasteiger charge is -2.15. The summed E-state index contributed by atoms with van der Waals surface area (Å²) < 4.78 is 0. The first-order valence-corrected chi connectivity index (χ1v) is 3.03. The number of hydrogen-bond donors (Lipinski definition) is 0. The normalized spacial score (nSPS) is 12.4. The summed E-state index contributed by atoms with van der Waals surface area (Å²) in [6, 6.07) is 0. The Hall–Kier alpha value is -0.990. The Morgan fingerprint density at radius 2 is 1.70 bits per heavy atom. The molecule has 3 heteroatoms. The van der Waals surface area contributed by atoms with E-state index in [4.69, 9.17) is 0 Å². The van der Waals surface area contributed by atoms with Gasteiger partial charge >= 0.3 is 0 Å². The van der Waals surface area contributed by atoms with E-state index in [0.717, 1.165) is 0 Å². The molecular weight excluding hydrogens is 130 g/mol. The zero-order chi connectivity index (χ0) is 8.31. The Morgan fingerprint density at radius 1 is 1.30 bits per heavy atom. The lowest BCUT2D eigenvalue weighted by atomic mass is 10.2. The molecule has 0 unspecified atom stereocenters. The molecule has 0 heterocycles. The van der Waals surface area contributed by atoms with Crippen LogP contribution in [-0.2, 0) is 4.79 Å². The summed E-state index contributed by atoms with van der Waals surface area (Å²) in [5, 5.41) is 10.6. The molecule has 0 atom stereocenters. The van der Waals surface area contributed by atoms with Crippen LogP contribution < -0.4 is 5.11 Å². The lowest BCUT2D eigenvalue weighted by molar-refractivity contribution is -0.303. The molecule has 0 bridgehead atoms. The molecule has 0 aromatic carbocycles. The van der Waals surface area contributed by atoms with Gasteiger partial charge in [-0.3, -0.25) is 4.79 Å². The first-order valence-electron chi connectivity index (χ1n) is 3.03. The third-order valence-corrected chi connectivity index (χ3v) is 1.26. The van der Waals surface area contributed by atoms with Gasteiger partial charge in [-0.15, -0.1) is 5.76 Å². The molecule has 58 valence electrons. The van der Waals surface area contributed by atoms with Crippen molar-refractivity contribution in [3.05, 3.63) is 11.3 Å². The predicted molar refractivity (Wildman–Crippen MR) is 37.1 cm³/mol. The topological polar surface area (TPSA) is 43.4 Å². The van der Waals surface area contributed by atoms with Crippen LogP contribution in [-0.4, -0.2) is 24.9 Å². The zero-order valence-electron chi connectivity index (χ0n) is 6.76. The van der Waals surface area contributed by atoms with E-state index in [1.165, 1.54) is 18.7 Å². The molecule has 0 rings (SSSR count). The third-order valence-electron chi connectivity index (χ3n) is 1.26. The van der Waals surface area contributed by atoms with Crippen LogP contribution in [0.3, 0.4) is 0 Å². The van der Waals surface area contributed by atoms with Crippen molar-refractivity contribution in [2.75, 3.05) is 14.1 Å². The van der Waals surface area contributed by atoms with Gasteiger partial charge in [0.1, 0.15) is 0 Å². The largest absolute Gasteiger partial charge is 0.875 e. The monoisotopic (exact) mass is 142 g/mol. The minimum atomic E-state index is -0.215. The van der Waals surface area contributed by atoms with Gasteiger partial charge in [0.25, 0.3) is 0 Å². The number of amides is 1. The lowest BCUT2D eigenvalue weighted by Crippen LogP contribution is -2.24. The van der Waals surface area contributed by atoms with E-state index < -0.39 is 0 Å². The molecule has 1 amide bonds. The van der Waals surface area contributed by atoms with Gasteiger partial charge in [-0.05, 0) is 6.92 Å². The molecule has 0 spiro atoms. The van der Waals surface area contributed by atoms with Crippen LogP contribution in [0.1, 0.15) is 13.8 Å². The van der Waals surface area contributed by atoms with Crippen LogP contribution in [0.4, 0.5) is 0 Å². The van der Waals surface area contributed by atoms with Crippen LogP contribution in [0.2, 0.25) is 0 Å². The van der Waals surface area contributed by atoms with Crippen LogP contribution >= 0.6 is 0 Å². The van der Waals surface area contributed by atoms with E-state index in [9.17, 15) is 9.90 Å². The molecule has 0 aliphatic carbocycles. The van der Waals surface area contributed by atoms with E-state index >= 15 is 0 Å². The molecule has 0 N–H and O–H groups in total. The van der Waals surface area contributed by atoms with Crippen LogP contribution in [0.25, 0.3) is 0 Å². The maximum absolute atomic E-state index is 11.0. The van der Waals surface area contributed by atoms with E-state index in [0.29, 0.717) is 0 Å². The highest BCUT2D eigenvalue weighted by atomic mass is 16.3. The maximum Gasteiger partial charge on any atom is 0.248 e. The number of rotatable bonds is 1. The SMILES string of the molecule is C/C([O-])=C(\C)C(=O)N(C)C. The van der Waals surface area contributed by atoms with Gasteiger partial charge in [0.05, 0.1) is 0 Å². The fourth-order valence-corrected chi connectivity index (χ4v) is 0.486. The highest BCUT2D eigenvalue weighted by Gasteiger charge is 2.04. The van der Waals surface area contributed by atoms with Gasteiger partial charge in [0.2, 0.25) is 5.91 Å². The van der Waals surface area contributed by atoms with Crippen molar-refractivity contribution in [3.63, 3.8) is 0 Å². The second-order valence-corrected chi connectivity index (χ2v) is 2.38. The summed E-state index contributed by atoms with van der Waals surface area (Å²) in [5.41, 5.74) is 0.282. The molecule has 0 aliphatic heterocycles. The second-order valence-electron chi connectivity index (χ2n) is 2.38. The standard InChI is InChI=1S/C7H13NO2/c1-5(6(2)9)7(10)8(3)4/h9H,1-4H3/p-1/b6-5-. The fourth-order valence-electron chi connectivity index (χ4n) is 0.486. The summed E-state index contributed by atoms with van der Waals surface area (Å²) in [7, 11) is 3.24. The molecule has 0 aliphatic rings. The van der Waals surface area contributed by atoms with Gasteiger partial charge in [0, 0.05) is 19.7 Å². The maximum atomic E-state index is 11.0. The summed E-state index contributed by atoms with van der Waals surface area (Å²) in [6.07, 6.45) is 0. The van der Waals surface area contributed by atoms with Gasteiger partial charge < -0.3 is 10.0 Å². The Balaban J connectivity index is 4.38. The van der Waals surface area contributed by atoms with Crippen molar-refractivity contribution in [1.82, 2.24) is 4.90 Å². The Labute approximate surface area is 61.0 Å². The first-order chi connectivity index (χ1) is 4.46. The summed E-state index contributed by atoms with van der Waals surface area (Å²) in [6.45, 7) is 2.92. The Morgan fingerprint density at radius 3 is 1.80 bits per heavy atom.